The summed E-state index contributed by atoms with van der Waals surface area (Å²) in [6.45, 7) is 0. The summed E-state index contributed by atoms with van der Waals surface area (Å²) in [5.74, 6) is -0.327. The second-order valence-corrected chi connectivity index (χ2v) is 2.06. The van der Waals surface area contributed by atoms with E-state index in [-0.39, 0.29) is 11.5 Å². The molecule has 0 aliphatic carbocycles. The highest BCUT2D eigenvalue weighted by Gasteiger charge is 1.96. The zero-order valence-corrected chi connectivity index (χ0v) is 5.76. The minimum absolute atomic E-state index is 0.0880. The normalized spacial score (nSPS) is 9.18. The fourth-order valence-corrected chi connectivity index (χ4v) is 0.713. The predicted molar refractivity (Wildman–Crippen MR) is 42.0 cm³/mol. The molecule has 0 radical (unpaired) electrons. The van der Waals surface area contributed by atoms with Crippen molar-refractivity contribution in [3.05, 3.63) is 35.6 Å². The highest BCUT2D eigenvalue weighted by atomic mass is 19.1. The van der Waals surface area contributed by atoms with E-state index in [1.165, 1.54) is 24.3 Å². The molecule has 0 bridgehead atoms. The maximum Gasteiger partial charge on any atom is 0.123 e. The van der Waals surface area contributed by atoms with E-state index >= 15 is 0 Å². The molecular weight excluding hydrogens is 143 g/mol. The van der Waals surface area contributed by atoms with Gasteiger partial charge in [-0.05, 0) is 24.3 Å². The quantitative estimate of drug-likeness (QED) is 0.604. The smallest absolute Gasteiger partial charge is 0.123 e. The topological polar surface area (TPSA) is 47.7 Å². The molecule has 0 spiro atoms. The van der Waals surface area contributed by atoms with E-state index in [1.54, 1.807) is 0 Å². The minimum Gasteiger partial charge on any atom is -0.307 e. The second-order valence-electron chi connectivity index (χ2n) is 2.06. The van der Waals surface area contributed by atoms with Gasteiger partial charge in [0.2, 0.25) is 0 Å². The van der Waals surface area contributed by atoms with E-state index < -0.39 is 0 Å². The Labute approximate surface area is 63.7 Å². The maximum atomic E-state index is 12.3. The third-order valence-electron chi connectivity index (χ3n) is 1.30. The molecule has 0 fully saturated rings. The van der Waals surface area contributed by atoms with Gasteiger partial charge in [0.1, 0.15) is 5.82 Å². The Morgan fingerprint density at radius 3 is 2.27 bits per heavy atom. The van der Waals surface area contributed by atoms with Gasteiger partial charge in [-0.3, -0.25) is 5.41 Å². The molecule has 0 aliphatic rings. The van der Waals surface area contributed by atoms with Crippen molar-refractivity contribution in [3.63, 3.8) is 0 Å². The van der Waals surface area contributed by atoms with Crippen molar-refractivity contribution >= 4 is 11.9 Å². The van der Waals surface area contributed by atoms with Gasteiger partial charge in [-0.1, -0.05) is 0 Å². The zero-order chi connectivity index (χ0) is 8.27. The molecule has 56 valence electrons. The standard InChI is InChI=1S/C8H7FN2/c9-7-3-1-6(2-4-7)8(11)5-10/h1-5,10-11H. The first-order chi connectivity index (χ1) is 5.24. The van der Waals surface area contributed by atoms with Crippen LogP contribution in [0.3, 0.4) is 0 Å². The maximum absolute atomic E-state index is 12.3. The molecule has 0 saturated carbocycles. The van der Waals surface area contributed by atoms with E-state index in [2.05, 4.69) is 0 Å². The van der Waals surface area contributed by atoms with Crippen molar-refractivity contribution in [2.24, 2.45) is 0 Å². The molecular formula is C8H7FN2. The van der Waals surface area contributed by atoms with Crippen LogP contribution in [0.25, 0.3) is 0 Å². The Morgan fingerprint density at radius 2 is 1.82 bits per heavy atom. The highest BCUT2D eigenvalue weighted by molar-refractivity contribution is 6.35. The van der Waals surface area contributed by atoms with Gasteiger partial charge < -0.3 is 5.41 Å². The van der Waals surface area contributed by atoms with Crippen LogP contribution in [0.4, 0.5) is 4.39 Å². The lowest BCUT2D eigenvalue weighted by Crippen LogP contribution is -1.98. The molecule has 0 saturated heterocycles. The molecule has 2 nitrogen and oxygen atoms in total. The molecule has 0 amide bonds. The summed E-state index contributed by atoms with van der Waals surface area (Å²) in [7, 11) is 0. The van der Waals surface area contributed by atoms with Crippen LogP contribution in [0.15, 0.2) is 24.3 Å². The number of rotatable bonds is 2. The van der Waals surface area contributed by atoms with Gasteiger partial charge in [-0.2, -0.15) is 0 Å². The van der Waals surface area contributed by atoms with Gasteiger partial charge in [0.15, 0.2) is 0 Å². The summed E-state index contributed by atoms with van der Waals surface area (Å²) in [6.07, 6.45) is 0.924. The minimum atomic E-state index is -0.327. The number of hydrogen-bond donors (Lipinski definition) is 2. The van der Waals surface area contributed by atoms with Crippen molar-refractivity contribution in [1.82, 2.24) is 0 Å². The lowest BCUT2D eigenvalue weighted by molar-refractivity contribution is 0.628. The van der Waals surface area contributed by atoms with Crippen molar-refractivity contribution in [2.45, 2.75) is 0 Å². The van der Waals surface area contributed by atoms with E-state index in [0.717, 1.165) is 6.21 Å². The van der Waals surface area contributed by atoms with Gasteiger partial charge in [0.05, 0.1) is 5.71 Å². The lowest BCUT2D eigenvalue weighted by Gasteiger charge is -1.95. The summed E-state index contributed by atoms with van der Waals surface area (Å²) in [4.78, 5) is 0. The van der Waals surface area contributed by atoms with E-state index in [0.29, 0.717) is 5.56 Å². The number of nitrogens with one attached hydrogen (secondary N) is 2. The van der Waals surface area contributed by atoms with Gasteiger partial charge >= 0.3 is 0 Å². The van der Waals surface area contributed by atoms with Crippen LogP contribution in [0.1, 0.15) is 5.56 Å². The largest absolute Gasteiger partial charge is 0.307 e. The van der Waals surface area contributed by atoms with Crippen molar-refractivity contribution in [3.8, 4) is 0 Å². The first kappa shape index (κ1) is 7.60. The van der Waals surface area contributed by atoms with Gasteiger partial charge in [0, 0.05) is 11.8 Å². The molecule has 0 unspecified atom stereocenters. The van der Waals surface area contributed by atoms with Crippen LogP contribution >= 0.6 is 0 Å². The molecule has 11 heavy (non-hydrogen) atoms. The van der Waals surface area contributed by atoms with E-state index in [1.807, 2.05) is 0 Å². The monoisotopic (exact) mass is 150 g/mol. The van der Waals surface area contributed by atoms with E-state index in [4.69, 9.17) is 10.8 Å². The van der Waals surface area contributed by atoms with Crippen LogP contribution in [-0.2, 0) is 0 Å². The number of hydrogen-bond acceptors (Lipinski definition) is 2. The van der Waals surface area contributed by atoms with Crippen LogP contribution in [0.5, 0.6) is 0 Å². The van der Waals surface area contributed by atoms with Gasteiger partial charge in [-0.15, -0.1) is 0 Å². The lowest BCUT2D eigenvalue weighted by atomic mass is 10.1. The summed E-state index contributed by atoms with van der Waals surface area (Å²) in [6, 6.07) is 5.49. The Morgan fingerprint density at radius 1 is 1.27 bits per heavy atom. The first-order valence-corrected chi connectivity index (χ1v) is 3.09. The first-order valence-electron chi connectivity index (χ1n) is 3.09. The molecule has 0 heterocycles. The third-order valence-corrected chi connectivity index (χ3v) is 1.30. The third kappa shape index (κ3) is 1.70. The highest BCUT2D eigenvalue weighted by Crippen LogP contribution is 2.01. The molecule has 1 aromatic carbocycles. The van der Waals surface area contributed by atoms with Crippen molar-refractivity contribution < 1.29 is 4.39 Å². The predicted octanol–water partition coefficient (Wildman–Crippen LogP) is 1.84. The van der Waals surface area contributed by atoms with Gasteiger partial charge in [-0.25, -0.2) is 4.39 Å². The van der Waals surface area contributed by atoms with Gasteiger partial charge in [0.25, 0.3) is 0 Å². The Balaban J connectivity index is 2.98. The summed E-state index contributed by atoms with van der Waals surface area (Å²) in [5.41, 5.74) is 0.645. The SMILES string of the molecule is N=CC(=N)c1ccc(F)cc1. The average molecular weight is 150 g/mol. The van der Waals surface area contributed by atoms with Crippen LogP contribution in [-0.4, -0.2) is 11.9 Å². The molecule has 1 aromatic rings. The molecule has 1 rings (SSSR count). The Bertz CT molecular complexity index is 277. The fraction of sp³-hybridized carbons (Fsp3) is 0. The zero-order valence-electron chi connectivity index (χ0n) is 5.76. The number of halogens is 1. The van der Waals surface area contributed by atoms with E-state index in [9.17, 15) is 4.39 Å². The second kappa shape index (κ2) is 3.05. The molecule has 0 atom stereocenters. The Kier molecular flexibility index (Phi) is 2.11. The summed E-state index contributed by atoms with van der Waals surface area (Å²) >= 11 is 0. The molecule has 2 N–H and O–H groups in total. The van der Waals surface area contributed by atoms with Crippen molar-refractivity contribution in [1.29, 1.82) is 10.8 Å². The fourth-order valence-electron chi connectivity index (χ4n) is 0.713. The van der Waals surface area contributed by atoms with Crippen LogP contribution in [0.2, 0.25) is 0 Å². The molecule has 0 aliphatic heterocycles. The average Bonchev–Trinajstić information content (AvgIpc) is 2.05. The summed E-state index contributed by atoms with van der Waals surface area (Å²) < 4.78 is 12.3. The number of benzene rings is 1. The van der Waals surface area contributed by atoms with Crippen LogP contribution < -0.4 is 0 Å². The van der Waals surface area contributed by atoms with Crippen LogP contribution in [0, 0.1) is 16.6 Å². The summed E-state index contributed by atoms with van der Waals surface area (Å²) in [5, 5.41) is 13.9. The molecule has 3 heteroatoms. The Hall–Kier alpha value is -1.51. The molecule has 0 aromatic heterocycles. The van der Waals surface area contributed by atoms with Crippen molar-refractivity contribution in [2.75, 3.05) is 0 Å².